The fourth-order valence-corrected chi connectivity index (χ4v) is 2.53. The number of benzene rings is 2. The molecule has 112 valence electrons. The summed E-state index contributed by atoms with van der Waals surface area (Å²) in [5.41, 5.74) is 2.18. The Bertz CT molecular complexity index is 570. The van der Waals surface area contributed by atoms with Gasteiger partial charge in [-0.2, -0.15) is 0 Å². The van der Waals surface area contributed by atoms with Crippen molar-refractivity contribution in [2.24, 2.45) is 0 Å². The Balaban J connectivity index is 1.63. The predicted octanol–water partition coefficient (Wildman–Crippen LogP) is 4.89. The minimum Gasteiger partial charge on any atom is -0.383 e. The van der Waals surface area contributed by atoms with E-state index < -0.39 is 0 Å². The molecule has 0 fully saturated rings. The fourth-order valence-electron chi connectivity index (χ4n) is 1.93. The van der Waals surface area contributed by atoms with E-state index in [0.29, 0.717) is 10.0 Å². The Morgan fingerprint density at radius 1 is 0.762 bits per heavy atom. The number of rotatable bonds is 7. The van der Waals surface area contributed by atoms with Gasteiger partial charge < -0.3 is 10.6 Å². The molecule has 0 radical (unpaired) electrons. The van der Waals surface area contributed by atoms with Crippen LogP contribution in [0.5, 0.6) is 0 Å². The number of halogens is 3. The van der Waals surface area contributed by atoms with Crippen molar-refractivity contribution in [3.8, 4) is 0 Å². The lowest BCUT2D eigenvalue weighted by Crippen LogP contribution is -2.24. The summed E-state index contributed by atoms with van der Waals surface area (Å²) in [6.07, 6.45) is 0.985. The van der Waals surface area contributed by atoms with Crippen LogP contribution in [0.1, 0.15) is 5.56 Å². The summed E-state index contributed by atoms with van der Waals surface area (Å²) < 4.78 is 0. The summed E-state index contributed by atoms with van der Waals surface area (Å²) in [5, 5.41) is 8.72. The first-order chi connectivity index (χ1) is 10.1. The van der Waals surface area contributed by atoms with Crippen LogP contribution in [-0.4, -0.2) is 19.6 Å². The van der Waals surface area contributed by atoms with Crippen molar-refractivity contribution in [3.05, 3.63) is 63.1 Å². The highest BCUT2D eigenvalue weighted by Crippen LogP contribution is 2.24. The molecule has 0 bridgehead atoms. The topological polar surface area (TPSA) is 24.1 Å². The molecule has 0 saturated heterocycles. The van der Waals surface area contributed by atoms with Gasteiger partial charge in [-0.05, 0) is 48.9 Å². The van der Waals surface area contributed by atoms with E-state index in [0.717, 1.165) is 36.8 Å². The Labute approximate surface area is 140 Å². The fraction of sp³-hybridized carbons (Fsp3) is 0.250. The molecule has 2 nitrogen and oxygen atoms in total. The maximum atomic E-state index is 6.08. The average molecular weight is 344 g/mol. The van der Waals surface area contributed by atoms with Gasteiger partial charge in [0.2, 0.25) is 0 Å². The Morgan fingerprint density at radius 2 is 1.48 bits per heavy atom. The van der Waals surface area contributed by atoms with Crippen molar-refractivity contribution >= 4 is 40.5 Å². The van der Waals surface area contributed by atoms with Gasteiger partial charge in [0, 0.05) is 23.1 Å². The Kier molecular flexibility index (Phi) is 6.65. The van der Waals surface area contributed by atoms with Gasteiger partial charge in [-0.15, -0.1) is 0 Å². The van der Waals surface area contributed by atoms with Gasteiger partial charge in [0.15, 0.2) is 0 Å². The lowest BCUT2D eigenvalue weighted by molar-refractivity contribution is 0.699. The first kappa shape index (κ1) is 16.4. The average Bonchev–Trinajstić information content (AvgIpc) is 2.46. The molecule has 0 aliphatic rings. The van der Waals surface area contributed by atoms with Crippen LogP contribution in [0.15, 0.2) is 42.5 Å². The number of anilines is 1. The van der Waals surface area contributed by atoms with Crippen molar-refractivity contribution in [1.82, 2.24) is 5.32 Å². The predicted molar refractivity (Wildman–Crippen MR) is 93.0 cm³/mol. The summed E-state index contributed by atoms with van der Waals surface area (Å²) in [6.45, 7) is 2.60. The second-order valence-electron chi connectivity index (χ2n) is 4.68. The van der Waals surface area contributed by atoms with Crippen LogP contribution in [0.3, 0.4) is 0 Å². The van der Waals surface area contributed by atoms with E-state index in [9.17, 15) is 0 Å². The van der Waals surface area contributed by atoms with Gasteiger partial charge in [0.25, 0.3) is 0 Å². The summed E-state index contributed by atoms with van der Waals surface area (Å²) >= 11 is 17.8. The monoisotopic (exact) mass is 342 g/mol. The molecule has 2 N–H and O–H groups in total. The van der Waals surface area contributed by atoms with Crippen LogP contribution in [0, 0.1) is 0 Å². The highest BCUT2D eigenvalue weighted by Gasteiger charge is 2.00. The minimum absolute atomic E-state index is 0.642. The van der Waals surface area contributed by atoms with Gasteiger partial charge >= 0.3 is 0 Å². The normalized spacial score (nSPS) is 10.6. The smallest absolute Gasteiger partial charge is 0.0652 e. The molecule has 0 saturated carbocycles. The standard InChI is InChI=1S/C16H17Cl3N2/c17-13-3-1-12(2-4-13)7-8-20-9-10-21-16-6-5-14(18)11-15(16)19/h1-6,11,20-21H,7-10H2. The van der Waals surface area contributed by atoms with E-state index in [1.165, 1.54) is 5.56 Å². The van der Waals surface area contributed by atoms with Gasteiger partial charge in [0.05, 0.1) is 10.7 Å². The van der Waals surface area contributed by atoms with E-state index in [1.807, 2.05) is 24.3 Å². The van der Waals surface area contributed by atoms with Crippen molar-refractivity contribution in [3.63, 3.8) is 0 Å². The number of hydrogen-bond acceptors (Lipinski definition) is 2. The first-order valence-electron chi connectivity index (χ1n) is 6.79. The number of hydrogen-bond donors (Lipinski definition) is 2. The lowest BCUT2D eigenvalue weighted by Gasteiger charge is -2.09. The zero-order valence-electron chi connectivity index (χ0n) is 11.5. The second kappa shape index (κ2) is 8.50. The molecule has 2 rings (SSSR count). The molecule has 0 heterocycles. The number of nitrogens with one attached hydrogen (secondary N) is 2. The van der Waals surface area contributed by atoms with Gasteiger partial charge in [-0.1, -0.05) is 46.9 Å². The van der Waals surface area contributed by atoms with Crippen molar-refractivity contribution in [2.75, 3.05) is 25.0 Å². The highest BCUT2D eigenvalue weighted by molar-refractivity contribution is 6.36. The Morgan fingerprint density at radius 3 is 2.19 bits per heavy atom. The zero-order chi connectivity index (χ0) is 15.1. The third-order valence-corrected chi connectivity index (χ3v) is 3.85. The van der Waals surface area contributed by atoms with Gasteiger partial charge in [-0.3, -0.25) is 0 Å². The summed E-state index contributed by atoms with van der Waals surface area (Å²) in [5.74, 6) is 0. The minimum atomic E-state index is 0.642. The van der Waals surface area contributed by atoms with Crippen LogP contribution in [0.4, 0.5) is 5.69 Å². The van der Waals surface area contributed by atoms with E-state index >= 15 is 0 Å². The molecule has 2 aromatic carbocycles. The van der Waals surface area contributed by atoms with E-state index in [1.54, 1.807) is 6.07 Å². The highest BCUT2D eigenvalue weighted by atomic mass is 35.5. The van der Waals surface area contributed by atoms with Crippen molar-refractivity contribution in [2.45, 2.75) is 6.42 Å². The Hall–Kier alpha value is -0.930. The van der Waals surface area contributed by atoms with E-state index in [-0.39, 0.29) is 0 Å². The maximum absolute atomic E-state index is 6.08. The molecular weight excluding hydrogens is 327 g/mol. The molecule has 5 heteroatoms. The molecule has 0 aliphatic heterocycles. The van der Waals surface area contributed by atoms with Crippen LogP contribution in [-0.2, 0) is 6.42 Å². The van der Waals surface area contributed by atoms with E-state index in [4.69, 9.17) is 34.8 Å². The molecule has 0 atom stereocenters. The van der Waals surface area contributed by atoms with E-state index in [2.05, 4.69) is 22.8 Å². The van der Waals surface area contributed by atoms with Crippen LogP contribution in [0.25, 0.3) is 0 Å². The second-order valence-corrected chi connectivity index (χ2v) is 5.96. The molecule has 21 heavy (non-hydrogen) atoms. The SMILES string of the molecule is Clc1ccc(CCNCCNc2ccc(Cl)cc2Cl)cc1. The molecule has 0 aliphatic carbocycles. The molecule has 0 unspecified atom stereocenters. The van der Waals surface area contributed by atoms with Crippen LogP contribution >= 0.6 is 34.8 Å². The molecule has 0 aromatic heterocycles. The summed E-state index contributed by atoms with van der Waals surface area (Å²) in [4.78, 5) is 0. The first-order valence-corrected chi connectivity index (χ1v) is 7.92. The molecule has 0 amide bonds. The zero-order valence-corrected chi connectivity index (χ0v) is 13.8. The van der Waals surface area contributed by atoms with Gasteiger partial charge in [-0.25, -0.2) is 0 Å². The molecular formula is C16H17Cl3N2. The van der Waals surface area contributed by atoms with Crippen molar-refractivity contribution < 1.29 is 0 Å². The maximum Gasteiger partial charge on any atom is 0.0652 e. The van der Waals surface area contributed by atoms with Crippen LogP contribution in [0.2, 0.25) is 15.1 Å². The van der Waals surface area contributed by atoms with Gasteiger partial charge in [0.1, 0.15) is 0 Å². The third-order valence-electron chi connectivity index (χ3n) is 3.05. The molecule has 0 spiro atoms. The summed E-state index contributed by atoms with van der Waals surface area (Å²) in [6, 6.07) is 13.4. The largest absolute Gasteiger partial charge is 0.383 e. The van der Waals surface area contributed by atoms with Crippen LogP contribution < -0.4 is 10.6 Å². The lowest BCUT2D eigenvalue weighted by atomic mass is 10.1. The van der Waals surface area contributed by atoms with Crippen molar-refractivity contribution in [1.29, 1.82) is 0 Å². The quantitative estimate of drug-likeness (QED) is 0.699. The molecule has 2 aromatic rings. The summed E-state index contributed by atoms with van der Waals surface area (Å²) in [7, 11) is 0. The third kappa shape index (κ3) is 5.76.